The highest BCUT2D eigenvalue weighted by Gasteiger charge is 2.17. The smallest absolute Gasteiger partial charge is 0.241 e. The van der Waals surface area contributed by atoms with Crippen LogP contribution in [0.15, 0.2) is 41.3 Å². The molecule has 5 heteroatoms. The molecular formula is C18H28N2O2S. The monoisotopic (exact) mass is 336 g/mol. The van der Waals surface area contributed by atoms with Crippen molar-refractivity contribution in [1.29, 1.82) is 0 Å². The number of nitrogens with zero attached hydrogens (tertiary/aromatic N) is 1. The molecule has 0 saturated heterocycles. The molecule has 23 heavy (non-hydrogen) atoms. The average molecular weight is 337 g/mol. The first-order valence-corrected chi connectivity index (χ1v) is 9.64. The molecule has 0 aromatic heterocycles. The van der Waals surface area contributed by atoms with Crippen LogP contribution < -0.4 is 9.62 Å². The fourth-order valence-corrected chi connectivity index (χ4v) is 3.64. The van der Waals surface area contributed by atoms with E-state index in [1.807, 2.05) is 64.0 Å². The molecule has 0 unspecified atom stereocenters. The molecule has 0 aliphatic rings. The molecule has 128 valence electrons. The summed E-state index contributed by atoms with van der Waals surface area (Å²) in [6.45, 7) is 6.51. The van der Waals surface area contributed by atoms with Crippen molar-refractivity contribution in [2.45, 2.75) is 38.5 Å². The Morgan fingerprint density at radius 2 is 1.61 bits per heavy atom. The van der Waals surface area contributed by atoms with Gasteiger partial charge in [0.2, 0.25) is 10.0 Å². The minimum absolute atomic E-state index is 0.347. The molecule has 0 bridgehead atoms. The summed E-state index contributed by atoms with van der Waals surface area (Å²) in [5.41, 5.74) is 1.01. The maximum Gasteiger partial charge on any atom is 0.241 e. The zero-order valence-electron chi connectivity index (χ0n) is 14.8. The van der Waals surface area contributed by atoms with Crippen molar-refractivity contribution in [3.63, 3.8) is 0 Å². The molecule has 1 N–H and O–H groups in total. The number of anilines is 1. The van der Waals surface area contributed by atoms with Gasteiger partial charge in [-0.15, -0.1) is 0 Å². The normalized spacial score (nSPS) is 11.0. The summed E-state index contributed by atoms with van der Waals surface area (Å²) in [5.74, 6) is 0. The highest BCUT2D eigenvalue weighted by Crippen LogP contribution is 2.29. The summed E-state index contributed by atoms with van der Waals surface area (Å²) in [6.07, 6.45) is 1.80. The first-order valence-electron chi connectivity index (χ1n) is 8.16. The number of nitrogens with one attached hydrogen (secondary N) is 1. The molecule has 0 radical (unpaired) electrons. The van der Waals surface area contributed by atoms with E-state index in [1.54, 1.807) is 12.1 Å². The highest BCUT2D eigenvalue weighted by atomic mass is 32.2. The van der Waals surface area contributed by atoms with E-state index >= 15 is 0 Å². The lowest BCUT2D eigenvalue weighted by Crippen LogP contribution is -2.25. The van der Waals surface area contributed by atoms with Gasteiger partial charge in [-0.3, -0.25) is 0 Å². The zero-order valence-corrected chi connectivity index (χ0v) is 15.6. The molecule has 0 atom stereocenters. The van der Waals surface area contributed by atoms with E-state index in [-0.39, 0.29) is 0 Å². The minimum Gasteiger partial charge on any atom is -0.377 e. The number of sulfonamides is 1. The largest absolute Gasteiger partial charge is 0.377 e. The summed E-state index contributed by atoms with van der Waals surface area (Å²) in [6, 6.07) is 11.2. The van der Waals surface area contributed by atoms with Crippen LogP contribution in [0.5, 0.6) is 0 Å². The molecule has 2 rings (SSSR count). The van der Waals surface area contributed by atoms with Crippen molar-refractivity contribution in [2.75, 3.05) is 25.5 Å². The van der Waals surface area contributed by atoms with Crippen molar-refractivity contribution in [3.8, 4) is 0 Å². The van der Waals surface area contributed by atoms with Gasteiger partial charge in [0.25, 0.3) is 0 Å². The number of rotatable bonds is 6. The Morgan fingerprint density at radius 3 is 2.22 bits per heavy atom. The lowest BCUT2D eigenvalue weighted by molar-refractivity contribution is 0.579. The topological polar surface area (TPSA) is 49.4 Å². The molecule has 0 aliphatic carbocycles. The third-order valence-electron chi connectivity index (χ3n) is 3.45. The molecule has 0 spiro atoms. The van der Waals surface area contributed by atoms with Crippen LogP contribution in [0.3, 0.4) is 0 Å². The van der Waals surface area contributed by atoms with Gasteiger partial charge in [0.05, 0.1) is 4.90 Å². The van der Waals surface area contributed by atoms with Crippen molar-refractivity contribution in [3.05, 3.63) is 36.4 Å². The Labute approximate surface area is 140 Å². The van der Waals surface area contributed by atoms with E-state index in [1.165, 1.54) is 0 Å². The van der Waals surface area contributed by atoms with Gasteiger partial charge in [-0.05, 0) is 18.6 Å². The lowest BCUT2D eigenvalue weighted by atomic mass is 10.1. The fraction of sp³-hybridized carbons (Fsp3) is 0.444. The number of benzene rings is 2. The summed E-state index contributed by atoms with van der Waals surface area (Å²) >= 11 is 0. The summed E-state index contributed by atoms with van der Waals surface area (Å²) in [4.78, 5) is 2.34. The number of unbranched alkanes of at least 4 members (excludes halogenated alkanes) is 1. The van der Waals surface area contributed by atoms with Gasteiger partial charge >= 0.3 is 0 Å². The Hall–Kier alpha value is -1.59. The first-order chi connectivity index (χ1) is 11.0. The molecule has 4 nitrogen and oxygen atoms in total. The van der Waals surface area contributed by atoms with Crippen LogP contribution in [-0.2, 0) is 10.0 Å². The minimum atomic E-state index is -3.47. The Balaban J connectivity index is 0.00000127. The fourth-order valence-electron chi connectivity index (χ4n) is 2.35. The van der Waals surface area contributed by atoms with Crippen LogP contribution in [0.4, 0.5) is 5.69 Å². The van der Waals surface area contributed by atoms with E-state index in [0.717, 1.165) is 29.3 Å². The summed E-state index contributed by atoms with van der Waals surface area (Å²) < 4.78 is 27.6. The maximum absolute atomic E-state index is 12.5. The van der Waals surface area contributed by atoms with E-state index in [9.17, 15) is 8.42 Å². The third kappa shape index (κ3) is 4.69. The SMILES string of the molecule is CC.CCCCNS(=O)(=O)c1cccc2c(N(C)C)cccc12. The third-order valence-corrected chi connectivity index (χ3v) is 4.97. The van der Waals surface area contributed by atoms with Crippen molar-refractivity contribution >= 4 is 26.5 Å². The number of hydrogen-bond donors (Lipinski definition) is 1. The van der Waals surface area contributed by atoms with Gasteiger partial charge in [0.15, 0.2) is 0 Å². The highest BCUT2D eigenvalue weighted by molar-refractivity contribution is 7.89. The van der Waals surface area contributed by atoms with Gasteiger partial charge < -0.3 is 4.90 Å². The summed E-state index contributed by atoms with van der Waals surface area (Å²) in [7, 11) is 0.438. The van der Waals surface area contributed by atoms with Crippen molar-refractivity contribution in [2.24, 2.45) is 0 Å². The summed E-state index contributed by atoms with van der Waals surface area (Å²) in [5, 5.41) is 1.70. The predicted octanol–water partition coefficient (Wildman–Crippen LogP) is 4.01. The predicted molar refractivity (Wildman–Crippen MR) is 99.7 cm³/mol. The average Bonchev–Trinajstić information content (AvgIpc) is 2.55. The van der Waals surface area contributed by atoms with Gasteiger partial charge in [0, 0.05) is 37.1 Å². The van der Waals surface area contributed by atoms with Gasteiger partial charge in [-0.25, -0.2) is 13.1 Å². The molecule has 0 fully saturated rings. The number of fused-ring (bicyclic) bond motifs is 1. The Bertz CT molecular complexity index is 725. The molecule has 0 amide bonds. The van der Waals surface area contributed by atoms with Crippen LogP contribution >= 0.6 is 0 Å². The van der Waals surface area contributed by atoms with Crippen LogP contribution in [-0.4, -0.2) is 29.1 Å². The second-order valence-corrected chi connectivity index (χ2v) is 7.01. The second kappa shape index (κ2) is 8.89. The molecular weight excluding hydrogens is 308 g/mol. The van der Waals surface area contributed by atoms with Gasteiger partial charge in [-0.2, -0.15) is 0 Å². The van der Waals surface area contributed by atoms with E-state index in [0.29, 0.717) is 11.4 Å². The first kappa shape index (κ1) is 19.5. The molecule has 0 aliphatic heterocycles. The number of hydrogen-bond acceptors (Lipinski definition) is 3. The Morgan fingerprint density at radius 1 is 1.00 bits per heavy atom. The van der Waals surface area contributed by atoms with E-state index in [4.69, 9.17) is 0 Å². The standard InChI is InChI=1S/C16H22N2O2S.C2H6/c1-4-5-12-17-21(19,20)16-11-7-8-13-14(16)9-6-10-15(13)18(2)3;1-2/h6-11,17H,4-5,12H2,1-3H3;1-2H3. The van der Waals surface area contributed by atoms with E-state index < -0.39 is 10.0 Å². The Kier molecular flexibility index (Phi) is 7.52. The van der Waals surface area contributed by atoms with Crippen LogP contribution in [0.2, 0.25) is 0 Å². The lowest BCUT2D eigenvalue weighted by Gasteiger charge is -2.17. The molecule has 0 saturated carbocycles. The van der Waals surface area contributed by atoms with Crippen LogP contribution in [0.25, 0.3) is 10.8 Å². The maximum atomic E-state index is 12.5. The van der Waals surface area contributed by atoms with Crippen LogP contribution in [0.1, 0.15) is 33.6 Å². The molecule has 0 heterocycles. The van der Waals surface area contributed by atoms with Crippen molar-refractivity contribution < 1.29 is 8.42 Å². The van der Waals surface area contributed by atoms with Crippen molar-refractivity contribution in [1.82, 2.24) is 4.72 Å². The second-order valence-electron chi connectivity index (χ2n) is 5.27. The zero-order chi connectivity index (χ0) is 17.5. The van der Waals surface area contributed by atoms with Gasteiger partial charge in [0.1, 0.15) is 0 Å². The van der Waals surface area contributed by atoms with E-state index in [2.05, 4.69) is 4.72 Å². The molecule has 2 aromatic carbocycles. The van der Waals surface area contributed by atoms with Crippen LogP contribution in [0, 0.1) is 0 Å². The van der Waals surface area contributed by atoms with Gasteiger partial charge in [-0.1, -0.05) is 51.5 Å². The molecule has 2 aromatic rings. The quantitative estimate of drug-likeness (QED) is 0.811.